The first kappa shape index (κ1) is 16.1. The number of rotatable bonds is 3. The molecule has 2 heterocycles. The lowest BCUT2D eigenvalue weighted by Crippen LogP contribution is -2.48. The Bertz CT molecular complexity index is 674. The molecule has 0 aliphatic carbocycles. The summed E-state index contributed by atoms with van der Waals surface area (Å²) in [5, 5.41) is 0.992. The van der Waals surface area contributed by atoms with Crippen LogP contribution in [0.4, 0.5) is 0 Å². The van der Waals surface area contributed by atoms with Gasteiger partial charge in [-0.2, -0.15) is 0 Å². The van der Waals surface area contributed by atoms with Crippen LogP contribution in [0.5, 0.6) is 0 Å². The number of ether oxygens (including phenoxy) is 1. The van der Waals surface area contributed by atoms with Crippen molar-refractivity contribution in [3.05, 3.63) is 51.5 Å². The van der Waals surface area contributed by atoms with Gasteiger partial charge < -0.3 is 9.64 Å². The summed E-state index contributed by atoms with van der Waals surface area (Å²) in [6.07, 6.45) is 0.939. The van der Waals surface area contributed by atoms with E-state index in [9.17, 15) is 4.79 Å². The minimum absolute atomic E-state index is 0.0831. The normalized spacial score (nSPS) is 21.4. The van der Waals surface area contributed by atoms with E-state index in [1.54, 1.807) is 0 Å². The Labute approximate surface area is 141 Å². The molecule has 1 aliphatic heterocycles. The van der Waals surface area contributed by atoms with E-state index in [0.29, 0.717) is 13.1 Å². The number of aromatic nitrogens is 1. The second kappa shape index (κ2) is 6.81. The first-order valence-corrected chi connectivity index (χ1v) is 8.79. The largest absolute Gasteiger partial charge is 0.372 e. The van der Waals surface area contributed by atoms with Crippen molar-refractivity contribution in [2.75, 3.05) is 13.1 Å². The number of benzene rings is 1. The molecule has 3 rings (SSSR count). The number of hydrogen-bond acceptors (Lipinski definition) is 4. The van der Waals surface area contributed by atoms with Gasteiger partial charge in [-0.25, -0.2) is 4.98 Å². The third-order valence-electron chi connectivity index (χ3n) is 3.94. The molecule has 0 saturated carbocycles. The highest BCUT2D eigenvalue weighted by Gasteiger charge is 2.28. The lowest BCUT2D eigenvalue weighted by Gasteiger charge is -2.35. The molecule has 1 fully saturated rings. The van der Waals surface area contributed by atoms with Crippen molar-refractivity contribution in [3.63, 3.8) is 0 Å². The molecule has 1 aliphatic rings. The van der Waals surface area contributed by atoms with Crippen molar-refractivity contribution >= 4 is 17.2 Å². The van der Waals surface area contributed by atoms with Crippen LogP contribution in [0.2, 0.25) is 0 Å². The van der Waals surface area contributed by atoms with Gasteiger partial charge in [-0.15, -0.1) is 11.3 Å². The first-order valence-electron chi connectivity index (χ1n) is 7.98. The lowest BCUT2D eigenvalue weighted by atomic mass is 10.2. The van der Waals surface area contributed by atoms with E-state index in [4.69, 9.17) is 4.74 Å². The van der Waals surface area contributed by atoms with E-state index in [0.717, 1.165) is 22.0 Å². The molecule has 4 nitrogen and oxygen atoms in total. The van der Waals surface area contributed by atoms with E-state index in [1.165, 1.54) is 16.9 Å². The van der Waals surface area contributed by atoms with Crippen LogP contribution < -0.4 is 0 Å². The Morgan fingerprint density at radius 2 is 1.91 bits per heavy atom. The van der Waals surface area contributed by atoms with Gasteiger partial charge in [-0.05, 0) is 26.3 Å². The van der Waals surface area contributed by atoms with Gasteiger partial charge in [0.1, 0.15) is 4.88 Å². The maximum atomic E-state index is 12.8. The van der Waals surface area contributed by atoms with E-state index >= 15 is 0 Å². The third kappa shape index (κ3) is 3.79. The van der Waals surface area contributed by atoms with Crippen molar-refractivity contribution in [2.45, 2.75) is 39.4 Å². The third-order valence-corrected chi connectivity index (χ3v) is 5.09. The zero-order chi connectivity index (χ0) is 16.4. The van der Waals surface area contributed by atoms with Crippen molar-refractivity contribution < 1.29 is 9.53 Å². The molecule has 2 aromatic rings. The van der Waals surface area contributed by atoms with E-state index in [1.807, 2.05) is 43.9 Å². The summed E-state index contributed by atoms with van der Waals surface area (Å²) in [5.74, 6) is 0.0845. The zero-order valence-electron chi connectivity index (χ0n) is 13.8. The Hall–Kier alpha value is -1.72. The van der Waals surface area contributed by atoms with Crippen molar-refractivity contribution in [1.82, 2.24) is 9.88 Å². The number of hydrogen-bond donors (Lipinski definition) is 0. The SMILES string of the molecule is Cc1nc(Cc2ccccc2)sc1C(=O)N1CC(C)OC(C)C1. The monoisotopic (exact) mass is 330 g/mol. The standard InChI is InChI=1S/C18H22N2O2S/c1-12-10-20(11-13(2)22-12)18(21)17-14(3)19-16(23-17)9-15-7-5-4-6-8-15/h4-8,12-13H,9-11H2,1-3H3. The lowest BCUT2D eigenvalue weighted by molar-refractivity contribution is -0.0585. The van der Waals surface area contributed by atoms with Gasteiger partial charge in [0.05, 0.1) is 22.9 Å². The molecule has 0 radical (unpaired) electrons. The van der Waals surface area contributed by atoms with Crippen LogP contribution in [0.15, 0.2) is 30.3 Å². The van der Waals surface area contributed by atoms with Crippen molar-refractivity contribution in [2.24, 2.45) is 0 Å². The molecule has 122 valence electrons. The number of carbonyl (C=O) groups excluding carboxylic acids is 1. The van der Waals surface area contributed by atoms with Crippen LogP contribution in [0.1, 0.15) is 39.8 Å². The number of aryl methyl sites for hydroxylation is 1. The summed E-state index contributed by atoms with van der Waals surface area (Å²) in [5.41, 5.74) is 2.05. The molecular formula is C18H22N2O2S. The van der Waals surface area contributed by atoms with Crippen LogP contribution in [0.25, 0.3) is 0 Å². The van der Waals surface area contributed by atoms with Gasteiger partial charge in [0.15, 0.2) is 0 Å². The van der Waals surface area contributed by atoms with Crippen molar-refractivity contribution in [3.8, 4) is 0 Å². The van der Waals surface area contributed by atoms with Gasteiger partial charge in [0.25, 0.3) is 5.91 Å². The fourth-order valence-electron chi connectivity index (χ4n) is 2.98. The van der Waals surface area contributed by atoms with Gasteiger partial charge >= 0.3 is 0 Å². The summed E-state index contributed by atoms with van der Waals surface area (Å²) in [4.78, 5) is 20.1. The molecule has 1 amide bonds. The topological polar surface area (TPSA) is 42.4 Å². The molecular weight excluding hydrogens is 308 g/mol. The van der Waals surface area contributed by atoms with E-state index < -0.39 is 0 Å². The number of nitrogens with zero attached hydrogens (tertiary/aromatic N) is 2. The highest BCUT2D eigenvalue weighted by Crippen LogP contribution is 2.24. The minimum atomic E-state index is 0.0831. The molecule has 0 spiro atoms. The highest BCUT2D eigenvalue weighted by molar-refractivity contribution is 7.13. The van der Waals surface area contributed by atoms with Crippen molar-refractivity contribution in [1.29, 1.82) is 0 Å². The highest BCUT2D eigenvalue weighted by atomic mass is 32.1. The number of amides is 1. The molecule has 1 aromatic heterocycles. The smallest absolute Gasteiger partial charge is 0.266 e. The molecule has 2 atom stereocenters. The second-order valence-corrected chi connectivity index (χ2v) is 7.24. The van der Waals surface area contributed by atoms with Crippen LogP contribution in [0.3, 0.4) is 0 Å². The fourth-order valence-corrected chi connectivity index (χ4v) is 4.05. The molecule has 2 unspecified atom stereocenters. The Balaban J connectivity index is 1.76. The first-order chi connectivity index (χ1) is 11.0. The summed E-state index contributed by atoms with van der Waals surface area (Å²) >= 11 is 1.52. The molecule has 5 heteroatoms. The predicted octanol–water partition coefficient (Wildman–Crippen LogP) is 3.29. The van der Waals surface area contributed by atoms with Crippen LogP contribution in [0, 0.1) is 6.92 Å². The molecule has 0 N–H and O–H groups in total. The van der Waals surface area contributed by atoms with E-state index in [-0.39, 0.29) is 18.1 Å². The average molecular weight is 330 g/mol. The molecule has 23 heavy (non-hydrogen) atoms. The maximum absolute atomic E-state index is 12.8. The Morgan fingerprint density at radius 3 is 2.57 bits per heavy atom. The van der Waals surface area contributed by atoms with Crippen LogP contribution in [-0.2, 0) is 11.2 Å². The molecule has 1 saturated heterocycles. The Kier molecular flexibility index (Phi) is 4.78. The number of carbonyl (C=O) groups is 1. The number of morpholine rings is 1. The van der Waals surface area contributed by atoms with Gasteiger partial charge in [-0.1, -0.05) is 30.3 Å². The van der Waals surface area contributed by atoms with Crippen LogP contribution >= 0.6 is 11.3 Å². The Morgan fingerprint density at radius 1 is 1.26 bits per heavy atom. The molecule has 1 aromatic carbocycles. The summed E-state index contributed by atoms with van der Waals surface area (Å²) in [6.45, 7) is 7.24. The minimum Gasteiger partial charge on any atom is -0.372 e. The average Bonchev–Trinajstić information content (AvgIpc) is 2.87. The maximum Gasteiger partial charge on any atom is 0.266 e. The van der Waals surface area contributed by atoms with Gasteiger partial charge in [0, 0.05) is 19.5 Å². The van der Waals surface area contributed by atoms with E-state index in [2.05, 4.69) is 17.1 Å². The van der Waals surface area contributed by atoms with Gasteiger partial charge in [0.2, 0.25) is 0 Å². The molecule has 0 bridgehead atoms. The quantitative estimate of drug-likeness (QED) is 0.867. The predicted molar refractivity (Wildman–Crippen MR) is 92.0 cm³/mol. The second-order valence-electron chi connectivity index (χ2n) is 6.15. The summed E-state index contributed by atoms with van der Waals surface area (Å²) in [7, 11) is 0. The zero-order valence-corrected chi connectivity index (χ0v) is 14.6. The van der Waals surface area contributed by atoms with Gasteiger partial charge in [-0.3, -0.25) is 4.79 Å². The van der Waals surface area contributed by atoms with Crippen LogP contribution in [-0.4, -0.2) is 41.1 Å². The summed E-state index contributed by atoms with van der Waals surface area (Å²) < 4.78 is 5.71. The fraction of sp³-hybridized carbons (Fsp3) is 0.444. The summed E-state index contributed by atoms with van der Waals surface area (Å²) in [6, 6.07) is 10.2. The number of thiazole rings is 1.